The largest absolute Gasteiger partial charge is 0.361 e. The Morgan fingerprint density at radius 3 is 2.96 bits per heavy atom. The number of amides is 1. The van der Waals surface area contributed by atoms with Crippen LogP contribution in [-0.2, 0) is 11.2 Å². The number of rotatable bonds is 7. The van der Waals surface area contributed by atoms with Crippen molar-refractivity contribution in [2.75, 3.05) is 12.0 Å². The Hall–Kier alpha value is -2.80. The minimum absolute atomic E-state index is 0.0152. The number of benzene rings is 1. The van der Waals surface area contributed by atoms with Gasteiger partial charge in [-0.25, -0.2) is 0 Å². The van der Waals surface area contributed by atoms with E-state index >= 15 is 0 Å². The molecule has 0 fully saturated rings. The maximum absolute atomic E-state index is 12.8. The topological polar surface area (TPSA) is 75.1 Å². The van der Waals surface area contributed by atoms with Crippen LogP contribution in [0.1, 0.15) is 23.9 Å². The summed E-state index contributed by atoms with van der Waals surface area (Å²) < 4.78 is 1.94. The first kappa shape index (κ1) is 17.6. The van der Waals surface area contributed by atoms with Crippen LogP contribution in [0.2, 0.25) is 0 Å². The summed E-state index contributed by atoms with van der Waals surface area (Å²) in [5, 5.41) is 12.8. The molecule has 4 rings (SSSR count). The van der Waals surface area contributed by atoms with Crippen LogP contribution in [-0.4, -0.2) is 37.5 Å². The van der Waals surface area contributed by atoms with Gasteiger partial charge in [0.25, 0.3) is 0 Å². The van der Waals surface area contributed by atoms with Gasteiger partial charge in [0, 0.05) is 23.3 Å². The number of pyridine rings is 1. The van der Waals surface area contributed by atoms with Gasteiger partial charge < -0.3 is 10.3 Å². The fourth-order valence-corrected chi connectivity index (χ4v) is 3.77. The van der Waals surface area contributed by atoms with Crippen molar-refractivity contribution >= 4 is 34.2 Å². The Balaban J connectivity index is 1.55. The third-order valence-electron chi connectivity index (χ3n) is 4.62. The lowest BCUT2D eigenvalue weighted by atomic mass is 10.1. The van der Waals surface area contributed by atoms with Crippen LogP contribution in [0.3, 0.4) is 0 Å². The molecule has 1 aromatic carbocycles. The Labute approximate surface area is 161 Å². The van der Waals surface area contributed by atoms with Crippen molar-refractivity contribution in [3.8, 4) is 0 Å². The van der Waals surface area contributed by atoms with Crippen molar-refractivity contribution < 1.29 is 4.79 Å². The molecule has 3 aromatic heterocycles. The standard InChI is InChI=1S/C20H21N5OS/c1-27-11-9-17(20-24-23-18-8-4-5-10-25(18)20)22-19(26)12-14-13-21-16-7-3-2-6-15(14)16/h2-8,10,13,17,21H,9,11-12H2,1H3,(H,22,26). The van der Waals surface area contributed by atoms with Gasteiger partial charge in [0.1, 0.15) is 0 Å². The number of hydrogen-bond donors (Lipinski definition) is 2. The van der Waals surface area contributed by atoms with E-state index in [9.17, 15) is 4.79 Å². The summed E-state index contributed by atoms with van der Waals surface area (Å²) in [5.41, 5.74) is 2.83. The molecule has 1 unspecified atom stereocenters. The molecule has 0 bridgehead atoms. The molecule has 0 radical (unpaired) electrons. The Kier molecular flexibility index (Phi) is 5.11. The van der Waals surface area contributed by atoms with Gasteiger partial charge in [-0.3, -0.25) is 9.20 Å². The van der Waals surface area contributed by atoms with E-state index in [1.54, 1.807) is 11.8 Å². The van der Waals surface area contributed by atoms with Crippen LogP contribution in [0.25, 0.3) is 16.6 Å². The van der Waals surface area contributed by atoms with Gasteiger partial charge in [-0.15, -0.1) is 10.2 Å². The average Bonchev–Trinajstić information content (AvgIpc) is 3.30. The molecule has 7 heteroatoms. The molecular formula is C20H21N5OS. The summed E-state index contributed by atoms with van der Waals surface area (Å²) >= 11 is 1.75. The quantitative estimate of drug-likeness (QED) is 0.516. The number of H-pyrrole nitrogens is 1. The molecule has 4 aromatic rings. The minimum atomic E-state index is -0.174. The highest BCUT2D eigenvalue weighted by Crippen LogP contribution is 2.21. The molecule has 0 saturated heterocycles. The van der Waals surface area contributed by atoms with Gasteiger partial charge in [-0.05, 0) is 42.2 Å². The fourth-order valence-electron chi connectivity index (χ4n) is 3.30. The van der Waals surface area contributed by atoms with Crippen molar-refractivity contribution in [2.45, 2.75) is 18.9 Å². The summed E-state index contributed by atoms with van der Waals surface area (Å²) in [6.07, 6.45) is 7.04. The molecule has 3 heterocycles. The number of carbonyl (C=O) groups excluding carboxylic acids is 1. The predicted octanol–water partition coefficient (Wildman–Crippen LogP) is 3.36. The maximum Gasteiger partial charge on any atom is 0.225 e. The number of carbonyl (C=O) groups is 1. The zero-order valence-electron chi connectivity index (χ0n) is 15.1. The lowest BCUT2D eigenvalue weighted by Gasteiger charge is -2.17. The van der Waals surface area contributed by atoms with Gasteiger partial charge in [-0.1, -0.05) is 24.3 Å². The van der Waals surface area contributed by atoms with Crippen LogP contribution in [0.5, 0.6) is 0 Å². The minimum Gasteiger partial charge on any atom is -0.361 e. The number of aromatic amines is 1. The summed E-state index contributed by atoms with van der Waals surface area (Å²) in [5.74, 6) is 1.69. The van der Waals surface area contributed by atoms with E-state index in [0.29, 0.717) is 6.42 Å². The predicted molar refractivity (Wildman–Crippen MR) is 109 cm³/mol. The maximum atomic E-state index is 12.8. The number of nitrogens with zero attached hydrogens (tertiary/aromatic N) is 3. The number of fused-ring (bicyclic) bond motifs is 2. The third-order valence-corrected chi connectivity index (χ3v) is 5.27. The van der Waals surface area contributed by atoms with Crippen LogP contribution in [0.4, 0.5) is 0 Å². The van der Waals surface area contributed by atoms with E-state index in [-0.39, 0.29) is 11.9 Å². The van der Waals surface area contributed by atoms with Crippen molar-refractivity contribution in [3.05, 3.63) is 66.2 Å². The molecule has 6 nitrogen and oxygen atoms in total. The number of nitrogens with one attached hydrogen (secondary N) is 2. The Morgan fingerprint density at radius 2 is 2.07 bits per heavy atom. The highest BCUT2D eigenvalue weighted by Gasteiger charge is 2.20. The zero-order chi connectivity index (χ0) is 18.6. The van der Waals surface area contributed by atoms with Crippen LogP contribution >= 0.6 is 11.8 Å². The number of hydrogen-bond acceptors (Lipinski definition) is 4. The molecule has 0 aliphatic heterocycles. The average molecular weight is 379 g/mol. The van der Waals surface area contributed by atoms with Crippen molar-refractivity contribution in [1.29, 1.82) is 0 Å². The second kappa shape index (κ2) is 7.84. The normalized spacial score (nSPS) is 12.5. The summed E-state index contributed by atoms with van der Waals surface area (Å²) in [6.45, 7) is 0. The molecule has 0 saturated carbocycles. The summed E-state index contributed by atoms with van der Waals surface area (Å²) in [4.78, 5) is 16.0. The summed E-state index contributed by atoms with van der Waals surface area (Å²) in [7, 11) is 0. The first-order valence-electron chi connectivity index (χ1n) is 8.89. The zero-order valence-corrected chi connectivity index (χ0v) is 15.9. The lowest BCUT2D eigenvalue weighted by molar-refractivity contribution is -0.121. The molecule has 2 N–H and O–H groups in total. The van der Waals surface area contributed by atoms with Gasteiger partial charge >= 0.3 is 0 Å². The molecule has 1 atom stereocenters. The fraction of sp³-hybridized carbons (Fsp3) is 0.250. The SMILES string of the molecule is CSCCC(NC(=O)Cc1c[nH]c2ccccc12)c1nnc2ccccn12. The second-order valence-electron chi connectivity index (χ2n) is 6.42. The van der Waals surface area contributed by atoms with E-state index in [1.165, 1.54) is 0 Å². The molecule has 27 heavy (non-hydrogen) atoms. The van der Waals surface area contributed by atoms with E-state index in [4.69, 9.17) is 0 Å². The van der Waals surface area contributed by atoms with E-state index in [2.05, 4.69) is 26.8 Å². The first-order chi connectivity index (χ1) is 13.3. The molecule has 0 spiro atoms. The van der Waals surface area contributed by atoms with Crippen molar-refractivity contribution in [3.63, 3.8) is 0 Å². The summed E-state index contributed by atoms with van der Waals surface area (Å²) in [6, 6.07) is 13.6. The van der Waals surface area contributed by atoms with Crippen LogP contribution in [0, 0.1) is 0 Å². The van der Waals surface area contributed by atoms with E-state index < -0.39 is 0 Å². The van der Waals surface area contributed by atoms with Crippen molar-refractivity contribution in [2.24, 2.45) is 0 Å². The number of thioether (sulfide) groups is 1. The monoisotopic (exact) mass is 379 g/mol. The van der Waals surface area contributed by atoms with Crippen LogP contribution < -0.4 is 5.32 Å². The third kappa shape index (κ3) is 3.68. The second-order valence-corrected chi connectivity index (χ2v) is 7.41. The van der Waals surface area contributed by atoms with Gasteiger partial charge in [0.2, 0.25) is 5.91 Å². The Bertz CT molecular complexity index is 1070. The smallest absolute Gasteiger partial charge is 0.225 e. The molecule has 1 amide bonds. The lowest BCUT2D eigenvalue weighted by Crippen LogP contribution is -2.31. The molecule has 0 aliphatic carbocycles. The Morgan fingerprint density at radius 1 is 1.22 bits per heavy atom. The van der Waals surface area contributed by atoms with Gasteiger partial charge in [0.05, 0.1) is 12.5 Å². The van der Waals surface area contributed by atoms with E-state index in [0.717, 1.165) is 40.1 Å². The molecular weight excluding hydrogens is 358 g/mol. The van der Waals surface area contributed by atoms with Crippen molar-refractivity contribution in [1.82, 2.24) is 24.9 Å². The van der Waals surface area contributed by atoms with Gasteiger partial charge in [0.15, 0.2) is 11.5 Å². The van der Waals surface area contributed by atoms with Crippen LogP contribution in [0.15, 0.2) is 54.9 Å². The molecule has 0 aliphatic rings. The number of para-hydroxylation sites is 1. The number of aromatic nitrogens is 4. The molecule has 138 valence electrons. The van der Waals surface area contributed by atoms with Gasteiger partial charge in [-0.2, -0.15) is 11.8 Å². The van der Waals surface area contributed by atoms with E-state index in [1.807, 2.05) is 59.3 Å². The highest BCUT2D eigenvalue weighted by atomic mass is 32.2. The first-order valence-corrected chi connectivity index (χ1v) is 10.3. The highest BCUT2D eigenvalue weighted by molar-refractivity contribution is 7.98.